The average molecular weight is 342 g/mol. The van der Waals surface area contributed by atoms with Gasteiger partial charge in [0.25, 0.3) is 0 Å². The van der Waals surface area contributed by atoms with Crippen LogP contribution < -0.4 is 4.72 Å². The molecule has 3 rings (SSSR count). The Morgan fingerprint density at radius 1 is 1.04 bits per heavy atom. The largest absolute Gasteiger partial charge is 0.361 e. The summed E-state index contributed by atoms with van der Waals surface area (Å²) in [5, 5.41) is 1.12. The number of rotatable bonds is 5. The van der Waals surface area contributed by atoms with Crippen LogP contribution in [0, 0.1) is 6.92 Å². The van der Waals surface area contributed by atoms with E-state index >= 15 is 0 Å². The van der Waals surface area contributed by atoms with E-state index in [1.165, 1.54) is 0 Å². The number of hydrogen-bond acceptors (Lipinski definition) is 2. The smallest absolute Gasteiger partial charge is 0.240 e. The highest BCUT2D eigenvalue weighted by Gasteiger charge is 2.27. The first-order valence-electron chi connectivity index (χ1n) is 7.93. The van der Waals surface area contributed by atoms with Crippen molar-refractivity contribution >= 4 is 20.9 Å². The minimum absolute atomic E-state index is 0.325. The number of aromatic amines is 1. The second-order valence-corrected chi connectivity index (χ2v) is 8.46. The topological polar surface area (TPSA) is 62.0 Å². The first kappa shape index (κ1) is 16.7. The van der Waals surface area contributed by atoms with Gasteiger partial charge in [-0.25, -0.2) is 13.1 Å². The van der Waals surface area contributed by atoms with Gasteiger partial charge >= 0.3 is 0 Å². The van der Waals surface area contributed by atoms with Crippen LogP contribution in [-0.2, 0) is 15.4 Å². The molecule has 3 aromatic rings. The van der Waals surface area contributed by atoms with Crippen LogP contribution in [-0.4, -0.2) is 19.9 Å². The molecule has 2 N–H and O–H groups in total. The third-order valence-corrected chi connectivity index (χ3v) is 5.97. The molecule has 0 bridgehead atoms. The molecule has 0 unspecified atom stereocenters. The number of hydrogen-bond donors (Lipinski definition) is 2. The Hall–Kier alpha value is -2.11. The normalized spacial score (nSPS) is 12.6. The van der Waals surface area contributed by atoms with Crippen LogP contribution in [0.2, 0.25) is 0 Å². The van der Waals surface area contributed by atoms with Crippen LogP contribution >= 0.6 is 0 Å². The number of nitrogens with one attached hydrogen (secondary N) is 2. The van der Waals surface area contributed by atoms with Gasteiger partial charge in [-0.1, -0.05) is 50.2 Å². The van der Waals surface area contributed by atoms with Gasteiger partial charge in [-0.3, -0.25) is 0 Å². The minimum Gasteiger partial charge on any atom is -0.361 e. The Morgan fingerprint density at radius 3 is 2.46 bits per heavy atom. The molecule has 0 spiro atoms. The van der Waals surface area contributed by atoms with E-state index in [9.17, 15) is 8.42 Å². The summed E-state index contributed by atoms with van der Waals surface area (Å²) in [7, 11) is -3.53. The first-order valence-corrected chi connectivity index (χ1v) is 9.41. The first-order chi connectivity index (χ1) is 11.3. The predicted molar refractivity (Wildman–Crippen MR) is 97.7 cm³/mol. The van der Waals surface area contributed by atoms with Crippen molar-refractivity contribution in [3.63, 3.8) is 0 Å². The number of para-hydroxylation sites is 1. The zero-order chi connectivity index (χ0) is 17.4. The van der Waals surface area contributed by atoms with Crippen molar-refractivity contribution in [1.29, 1.82) is 0 Å². The van der Waals surface area contributed by atoms with E-state index in [4.69, 9.17) is 0 Å². The zero-order valence-electron chi connectivity index (χ0n) is 14.1. The zero-order valence-corrected chi connectivity index (χ0v) is 14.9. The van der Waals surface area contributed by atoms with E-state index in [-0.39, 0.29) is 5.41 Å². The number of H-pyrrole nitrogens is 1. The Bertz CT molecular complexity index is 972. The molecule has 0 atom stereocenters. The van der Waals surface area contributed by atoms with E-state index in [2.05, 4.69) is 15.8 Å². The summed E-state index contributed by atoms with van der Waals surface area (Å²) in [5.74, 6) is 0. The third-order valence-electron chi connectivity index (χ3n) is 4.41. The van der Waals surface area contributed by atoms with Crippen molar-refractivity contribution in [1.82, 2.24) is 9.71 Å². The Labute approximate surface area is 143 Å². The van der Waals surface area contributed by atoms with Gasteiger partial charge < -0.3 is 4.98 Å². The van der Waals surface area contributed by atoms with E-state index in [1.807, 2.05) is 44.3 Å². The molecule has 0 aliphatic carbocycles. The molecule has 0 saturated carbocycles. The number of sulfonamides is 1. The number of aryl methyl sites for hydroxylation is 1. The lowest BCUT2D eigenvalue weighted by Crippen LogP contribution is -2.36. The summed E-state index contributed by atoms with van der Waals surface area (Å²) < 4.78 is 28.0. The van der Waals surface area contributed by atoms with Gasteiger partial charge in [0.1, 0.15) is 0 Å². The van der Waals surface area contributed by atoms with Crippen molar-refractivity contribution in [2.75, 3.05) is 6.54 Å². The molecule has 24 heavy (non-hydrogen) atoms. The molecule has 0 radical (unpaired) electrons. The average Bonchev–Trinajstić information content (AvgIpc) is 2.98. The number of benzene rings is 2. The van der Waals surface area contributed by atoms with Gasteiger partial charge in [0.2, 0.25) is 10.0 Å². The van der Waals surface area contributed by atoms with Crippen LogP contribution in [0.5, 0.6) is 0 Å². The van der Waals surface area contributed by atoms with Crippen molar-refractivity contribution < 1.29 is 8.42 Å². The van der Waals surface area contributed by atoms with Crippen molar-refractivity contribution in [2.45, 2.75) is 31.1 Å². The standard InChI is InChI=1S/C19H22N2O2S/c1-14-8-4-7-11-18(14)24(22,23)21-13-19(2,3)16-12-20-17-10-6-5-9-15(16)17/h4-12,20-21H,13H2,1-3H3. The predicted octanol–water partition coefficient (Wildman–Crippen LogP) is 3.73. The third kappa shape index (κ3) is 3.09. The summed E-state index contributed by atoms with van der Waals surface area (Å²) in [6.45, 7) is 6.22. The monoisotopic (exact) mass is 342 g/mol. The van der Waals surface area contributed by atoms with Gasteiger partial charge in [-0.15, -0.1) is 0 Å². The maximum Gasteiger partial charge on any atom is 0.240 e. The van der Waals surface area contributed by atoms with Gasteiger partial charge in [0, 0.05) is 29.1 Å². The maximum absolute atomic E-state index is 12.6. The lowest BCUT2D eigenvalue weighted by Gasteiger charge is -2.25. The van der Waals surface area contributed by atoms with Gasteiger partial charge in [0.15, 0.2) is 0 Å². The molecule has 1 aromatic heterocycles. The van der Waals surface area contributed by atoms with Crippen molar-refractivity contribution in [2.24, 2.45) is 0 Å². The molecule has 4 nitrogen and oxygen atoms in total. The summed E-state index contributed by atoms with van der Waals surface area (Å²) in [6.07, 6.45) is 1.97. The fraction of sp³-hybridized carbons (Fsp3) is 0.263. The maximum atomic E-state index is 12.6. The fourth-order valence-electron chi connectivity index (χ4n) is 2.94. The molecule has 126 valence electrons. The molecular formula is C19H22N2O2S. The summed E-state index contributed by atoms with van der Waals surface area (Å²) in [5.41, 5.74) is 2.57. The SMILES string of the molecule is Cc1ccccc1S(=O)(=O)NCC(C)(C)c1c[nH]c2ccccc12. The van der Waals surface area contributed by atoms with Gasteiger partial charge in [-0.2, -0.15) is 0 Å². The molecule has 0 aliphatic heterocycles. The number of fused-ring (bicyclic) bond motifs is 1. The summed E-state index contributed by atoms with van der Waals surface area (Å²) in [6, 6.07) is 15.1. The van der Waals surface area contributed by atoms with Gasteiger partial charge in [-0.05, 0) is 30.2 Å². The number of aromatic nitrogens is 1. The highest BCUT2D eigenvalue weighted by molar-refractivity contribution is 7.89. The lowest BCUT2D eigenvalue weighted by molar-refractivity contribution is 0.504. The Morgan fingerprint density at radius 2 is 1.71 bits per heavy atom. The molecule has 1 heterocycles. The van der Waals surface area contributed by atoms with E-state index < -0.39 is 10.0 Å². The highest BCUT2D eigenvalue weighted by Crippen LogP contribution is 2.30. The van der Waals surface area contributed by atoms with Crippen LogP contribution in [0.25, 0.3) is 10.9 Å². The van der Waals surface area contributed by atoms with E-state index in [0.29, 0.717) is 11.4 Å². The molecule has 0 amide bonds. The van der Waals surface area contributed by atoms with Crippen LogP contribution in [0.3, 0.4) is 0 Å². The highest BCUT2D eigenvalue weighted by atomic mass is 32.2. The lowest BCUT2D eigenvalue weighted by atomic mass is 9.85. The van der Waals surface area contributed by atoms with Crippen LogP contribution in [0.4, 0.5) is 0 Å². The molecular weight excluding hydrogens is 320 g/mol. The second kappa shape index (κ2) is 6.07. The quantitative estimate of drug-likeness (QED) is 0.742. The van der Waals surface area contributed by atoms with E-state index in [1.54, 1.807) is 25.1 Å². The molecule has 0 aliphatic rings. The molecule has 5 heteroatoms. The van der Waals surface area contributed by atoms with Crippen LogP contribution in [0.1, 0.15) is 25.0 Å². The van der Waals surface area contributed by atoms with Gasteiger partial charge in [0.05, 0.1) is 4.90 Å². The Kier molecular flexibility index (Phi) is 4.24. The summed E-state index contributed by atoms with van der Waals surface area (Å²) >= 11 is 0. The van der Waals surface area contributed by atoms with Crippen molar-refractivity contribution in [3.05, 3.63) is 65.9 Å². The molecule has 0 fully saturated rings. The Balaban J connectivity index is 1.86. The van der Waals surface area contributed by atoms with Crippen LogP contribution in [0.15, 0.2) is 59.6 Å². The fourth-order valence-corrected chi connectivity index (χ4v) is 4.39. The van der Waals surface area contributed by atoms with Crippen molar-refractivity contribution in [3.8, 4) is 0 Å². The summed E-state index contributed by atoms with van der Waals surface area (Å²) in [4.78, 5) is 3.59. The second-order valence-electron chi connectivity index (χ2n) is 6.72. The molecule has 2 aromatic carbocycles. The minimum atomic E-state index is -3.53. The molecule has 0 saturated heterocycles. The van der Waals surface area contributed by atoms with E-state index in [0.717, 1.165) is 22.0 Å².